The lowest BCUT2D eigenvalue weighted by molar-refractivity contribution is -0.122. The number of aliphatic imine (C=N–C) groups is 1. The number of rotatable bonds is 7. The van der Waals surface area contributed by atoms with Crippen LogP contribution in [-0.4, -0.2) is 72.8 Å². The first-order chi connectivity index (χ1) is 18.2. The Bertz CT molecular complexity index is 1460. The summed E-state index contributed by atoms with van der Waals surface area (Å²) >= 11 is 0. The topological polar surface area (TPSA) is 151 Å². The number of fused-ring (bicyclic) bond motifs is 1. The Morgan fingerprint density at radius 1 is 1.21 bits per heavy atom. The van der Waals surface area contributed by atoms with Gasteiger partial charge in [0.05, 0.1) is 12.2 Å². The Labute approximate surface area is 219 Å². The van der Waals surface area contributed by atoms with Gasteiger partial charge in [-0.3, -0.25) is 15.2 Å². The van der Waals surface area contributed by atoms with Crippen LogP contribution in [0.2, 0.25) is 0 Å². The van der Waals surface area contributed by atoms with Crippen LogP contribution >= 0.6 is 0 Å². The summed E-state index contributed by atoms with van der Waals surface area (Å²) < 4.78 is 18.0. The fraction of sp³-hybridized carbons (Fsp3) is 0.269. The summed E-state index contributed by atoms with van der Waals surface area (Å²) in [6, 6.07) is 12.6. The van der Waals surface area contributed by atoms with Crippen molar-refractivity contribution < 1.29 is 19.0 Å². The molecule has 2 aliphatic rings. The number of carbonyl (C=O) groups excluding carboxylic acids is 1. The molecule has 0 spiro atoms. The molecular formula is C26H28N8O4. The number of anilines is 2. The summed E-state index contributed by atoms with van der Waals surface area (Å²) in [5.41, 5.74) is 7.96. The van der Waals surface area contributed by atoms with E-state index >= 15 is 0 Å². The Hall–Kier alpha value is -4.87. The van der Waals surface area contributed by atoms with Crippen molar-refractivity contribution in [3.8, 4) is 29.3 Å². The van der Waals surface area contributed by atoms with Gasteiger partial charge >= 0.3 is 6.01 Å². The standard InChI is InChI=1S/C26H28N8O4/c1-14-23(35)30-20-24(36-14)31-26(37-17-7-5-6-16(12-17)22-29-10-11-34(22)4)32-25(20)38-19-13-15(21(27)28)8-9-18(19)33(2)3/h5-9,12-14H,10-11H2,1-4H3,(H3,27,28)(H,30,35). The van der Waals surface area contributed by atoms with Gasteiger partial charge in [-0.1, -0.05) is 12.1 Å². The van der Waals surface area contributed by atoms with E-state index in [0.29, 0.717) is 22.7 Å². The highest BCUT2D eigenvalue weighted by atomic mass is 16.5. The predicted octanol–water partition coefficient (Wildman–Crippen LogP) is 2.82. The first-order valence-electron chi connectivity index (χ1n) is 12.0. The zero-order valence-electron chi connectivity index (χ0n) is 21.5. The molecule has 0 radical (unpaired) electrons. The maximum absolute atomic E-state index is 12.4. The van der Waals surface area contributed by atoms with E-state index in [9.17, 15) is 4.79 Å². The third-order valence-electron chi connectivity index (χ3n) is 6.05. The van der Waals surface area contributed by atoms with Crippen LogP contribution in [0.5, 0.6) is 29.3 Å². The molecule has 0 saturated heterocycles. The quantitative estimate of drug-likeness (QED) is 0.318. The molecule has 1 unspecified atom stereocenters. The average Bonchev–Trinajstić information content (AvgIpc) is 3.31. The SMILES string of the molecule is CC1Oc2nc(Oc3cccc(C4=NCCN4C)c3)nc(Oc3cc(C(=N)N)ccc3N(C)C)c2NC1=O. The fourth-order valence-electron chi connectivity index (χ4n) is 4.04. The normalized spacial score (nSPS) is 16.2. The lowest BCUT2D eigenvalue weighted by atomic mass is 10.1. The maximum Gasteiger partial charge on any atom is 0.328 e. The van der Waals surface area contributed by atoms with Crippen LogP contribution in [0.15, 0.2) is 47.5 Å². The summed E-state index contributed by atoms with van der Waals surface area (Å²) in [5, 5.41) is 10.6. The number of nitrogens with zero attached hydrogens (tertiary/aromatic N) is 5. The molecule has 1 amide bonds. The molecule has 0 aliphatic carbocycles. The Balaban J connectivity index is 1.54. The molecule has 38 heavy (non-hydrogen) atoms. The zero-order chi connectivity index (χ0) is 27.0. The van der Waals surface area contributed by atoms with Gasteiger partial charge < -0.3 is 35.1 Å². The van der Waals surface area contributed by atoms with E-state index in [2.05, 4.69) is 25.2 Å². The molecule has 4 N–H and O–H groups in total. The van der Waals surface area contributed by atoms with E-state index in [4.69, 9.17) is 25.4 Å². The molecule has 0 fully saturated rings. The van der Waals surface area contributed by atoms with Gasteiger partial charge in [0, 0.05) is 38.8 Å². The number of carbonyl (C=O) groups is 1. The van der Waals surface area contributed by atoms with E-state index in [-0.39, 0.29) is 35.2 Å². The number of nitrogens with one attached hydrogen (secondary N) is 2. The largest absolute Gasteiger partial charge is 0.463 e. The second-order valence-corrected chi connectivity index (χ2v) is 9.09. The van der Waals surface area contributed by atoms with E-state index in [1.165, 1.54) is 0 Å². The molecule has 3 heterocycles. The third-order valence-corrected chi connectivity index (χ3v) is 6.05. The first-order valence-corrected chi connectivity index (χ1v) is 12.0. The van der Waals surface area contributed by atoms with Crippen molar-refractivity contribution in [3.63, 3.8) is 0 Å². The second kappa shape index (κ2) is 9.88. The summed E-state index contributed by atoms with van der Waals surface area (Å²) in [4.78, 5) is 29.7. The van der Waals surface area contributed by atoms with E-state index in [1.807, 2.05) is 44.2 Å². The number of nitrogen functional groups attached to an aromatic ring is 1. The van der Waals surface area contributed by atoms with Crippen LogP contribution in [-0.2, 0) is 4.79 Å². The summed E-state index contributed by atoms with van der Waals surface area (Å²) in [6.07, 6.45) is -0.768. The number of amides is 1. The van der Waals surface area contributed by atoms with Crippen molar-refractivity contribution in [2.24, 2.45) is 10.7 Å². The van der Waals surface area contributed by atoms with Crippen molar-refractivity contribution in [1.29, 1.82) is 5.41 Å². The summed E-state index contributed by atoms with van der Waals surface area (Å²) in [5.74, 6) is 1.40. The molecule has 1 atom stereocenters. The maximum atomic E-state index is 12.4. The van der Waals surface area contributed by atoms with Crippen LogP contribution in [0.25, 0.3) is 0 Å². The highest BCUT2D eigenvalue weighted by molar-refractivity contribution is 6.00. The molecule has 2 aromatic carbocycles. The van der Waals surface area contributed by atoms with Crippen LogP contribution in [0.3, 0.4) is 0 Å². The van der Waals surface area contributed by atoms with Crippen LogP contribution in [0.1, 0.15) is 18.1 Å². The first kappa shape index (κ1) is 24.8. The van der Waals surface area contributed by atoms with E-state index in [0.717, 1.165) is 24.5 Å². The fourth-order valence-corrected chi connectivity index (χ4v) is 4.04. The van der Waals surface area contributed by atoms with Crippen LogP contribution in [0.4, 0.5) is 11.4 Å². The minimum atomic E-state index is -0.768. The molecule has 1 aromatic heterocycles. The lowest BCUT2D eigenvalue weighted by Gasteiger charge is -2.25. The van der Waals surface area contributed by atoms with Crippen molar-refractivity contribution in [1.82, 2.24) is 14.9 Å². The van der Waals surface area contributed by atoms with Gasteiger partial charge in [-0.15, -0.1) is 0 Å². The molecule has 196 valence electrons. The number of hydrogen-bond donors (Lipinski definition) is 3. The van der Waals surface area contributed by atoms with Gasteiger partial charge in [0.1, 0.15) is 17.4 Å². The van der Waals surface area contributed by atoms with Crippen molar-refractivity contribution >= 4 is 29.0 Å². The summed E-state index contributed by atoms with van der Waals surface area (Å²) in [7, 11) is 5.70. The second-order valence-electron chi connectivity index (χ2n) is 9.09. The van der Waals surface area contributed by atoms with E-state index < -0.39 is 6.10 Å². The van der Waals surface area contributed by atoms with Crippen LogP contribution in [0, 0.1) is 5.41 Å². The van der Waals surface area contributed by atoms with Crippen molar-refractivity contribution in [3.05, 3.63) is 53.6 Å². The van der Waals surface area contributed by atoms with Crippen LogP contribution < -0.4 is 30.2 Å². The molecule has 12 nitrogen and oxygen atoms in total. The average molecular weight is 517 g/mol. The number of ether oxygens (including phenoxy) is 3. The number of aromatic nitrogens is 2. The Kier molecular flexibility index (Phi) is 6.45. The minimum Gasteiger partial charge on any atom is -0.463 e. The monoisotopic (exact) mass is 516 g/mol. The van der Waals surface area contributed by atoms with Gasteiger partial charge in [0.15, 0.2) is 17.5 Å². The van der Waals surface area contributed by atoms with Gasteiger partial charge in [-0.2, -0.15) is 9.97 Å². The molecule has 0 saturated carbocycles. The molecule has 0 bridgehead atoms. The Morgan fingerprint density at radius 3 is 2.74 bits per heavy atom. The van der Waals surface area contributed by atoms with Crippen molar-refractivity contribution in [2.45, 2.75) is 13.0 Å². The van der Waals surface area contributed by atoms with Gasteiger partial charge in [-0.05, 0) is 37.3 Å². The number of likely N-dealkylation sites (N-methyl/N-ethyl adjacent to an activating group) is 1. The zero-order valence-corrected chi connectivity index (χ0v) is 21.5. The molecular weight excluding hydrogens is 488 g/mol. The Morgan fingerprint density at radius 2 is 2.03 bits per heavy atom. The summed E-state index contributed by atoms with van der Waals surface area (Å²) in [6.45, 7) is 3.22. The highest BCUT2D eigenvalue weighted by Crippen LogP contribution is 2.41. The molecule has 2 aliphatic heterocycles. The number of benzene rings is 2. The van der Waals surface area contributed by atoms with Gasteiger partial charge in [-0.25, -0.2) is 0 Å². The smallest absolute Gasteiger partial charge is 0.328 e. The third kappa shape index (κ3) is 4.88. The predicted molar refractivity (Wildman–Crippen MR) is 143 cm³/mol. The van der Waals surface area contributed by atoms with Crippen molar-refractivity contribution in [2.75, 3.05) is 44.4 Å². The number of nitrogens with two attached hydrogens (primary N) is 1. The molecule has 5 rings (SSSR count). The van der Waals surface area contributed by atoms with Gasteiger partial charge in [0.25, 0.3) is 11.8 Å². The molecule has 3 aromatic rings. The van der Waals surface area contributed by atoms with Gasteiger partial charge in [0.2, 0.25) is 5.88 Å². The number of hydrogen-bond acceptors (Lipinski definition) is 10. The minimum absolute atomic E-state index is 0.0186. The lowest BCUT2D eigenvalue weighted by Crippen LogP contribution is -2.35. The molecule has 12 heteroatoms. The van der Waals surface area contributed by atoms with E-state index in [1.54, 1.807) is 31.2 Å². The highest BCUT2D eigenvalue weighted by Gasteiger charge is 2.31. The number of amidine groups is 2.